The van der Waals surface area contributed by atoms with Gasteiger partial charge in [0, 0.05) is 24.3 Å². The fourth-order valence-electron chi connectivity index (χ4n) is 2.70. The first-order chi connectivity index (χ1) is 11.6. The van der Waals surface area contributed by atoms with Crippen molar-refractivity contribution >= 4 is 51.6 Å². The third-order valence-electron chi connectivity index (χ3n) is 4.01. The third-order valence-corrected chi connectivity index (χ3v) is 4.66. The quantitative estimate of drug-likeness (QED) is 0.344. The zero-order chi connectivity index (χ0) is 17.1. The van der Waals surface area contributed by atoms with Gasteiger partial charge in [0.1, 0.15) is 5.82 Å². The molecule has 0 aromatic heterocycles. The van der Waals surface area contributed by atoms with E-state index in [1.807, 2.05) is 30.3 Å². The van der Waals surface area contributed by atoms with Crippen LogP contribution in [0.3, 0.4) is 0 Å². The highest BCUT2D eigenvalue weighted by Crippen LogP contribution is 2.44. The Morgan fingerprint density at radius 1 is 1.36 bits per heavy atom. The third kappa shape index (κ3) is 5.15. The first-order valence-corrected chi connectivity index (χ1v) is 8.50. The number of benzene rings is 2. The number of nitrogens with two attached hydrogens (primary N) is 1. The summed E-state index contributed by atoms with van der Waals surface area (Å²) in [6, 6.07) is 13.1. The van der Waals surface area contributed by atoms with E-state index < -0.39 is 0 Å². The van der Waals surface area contributed by atoms with Crippen LogP contribution in [0.1, 0.15) is 23.5 Å². The van der Waals surface area contributed by atoms with Crippen LogP contribution in [0.4, 0.5) is 10.1 Å². The second-order valence-corrected chi connectivity index (χ2v) is 6.67. The van der Waals surface area contributed by atoms with Crippen LogP contribution < -0.4 is 11.1 Å². The summed E-state index contributed by atoms with van der Waals surface area (Å²) in [5.74, 6) is 0.340. The van der Waals surface area contributed by atoms with E-state index in [0.717, 1.165) is 23.2 Å². The molecule has 4 nitrogen and oxygen atoms in total. The van der Waals surface area contributed by atoms with Crippen LogP contribution in [-0.2, 0) is 11.3 Å². The Morgan fingerprint density at radius 3 is 2.84 bits per heavy atom. The zero-order valence-corrected chi connectivity index (χ0v) is 17.6. The van der Waals surface area contributed by atoms with Crippen LogP contribution in [0.25, 0.3) is 0 Å². The number of hydrogen-bond donors (Lipinski definition) is 2. The van der Waals surface area contributed by atoms with Gasteiger partial charge in [-0.1, -0.05) is 24.3 Å². The van der Waals surface area contributed by atoms with Crippen molar-refractivity contribution in [3.05, 3.63) is 63.9 Å². The van der Waals surface area contributed by atoms with Crippen LogP contribution in [0, 0.1) is 5.82 Å². The Hall–Kier alpha value is -1.19. The highest BCUT2D eigenvalue weighted by atomic mass is 127. The van der Waals surface area contributed by atoms with Crippen LogP contribution >= 0.6 is 39.9 Å². The van der Waals surface area contributed by atoms with Crippen molar-refractivity contribution in [1.82, 2.24) is 0 Å². The SMILES string of the molecule is COCc1ccccc1NC(N)=N[C@@H]1C[C@H]1c1ccc(Br)c(F)c1.I. The van der Waals surface area contributed by atoms with Crippen LogP contribution in [0.2, 0.25) is 0 Å². The number of guanidine groups is 1. The Bertz CT molecular complexity index is 772. The molecule has 0 bridgehead atoms. The number of nitrogens with one attached hydrogen (secondary N) is 1. The lowest BCUT2D eigenvalue weighted by atomic mass is 10.1. The molecular formula is C18H20BrFIN3O. The topological polar surface area (TPSA) is 59.6 Å². The summed E-state index contributed by atoms with van der Waals surface area (Å²) < 4.78 is 19.3. The van der Waals surface area contributed by atoms with Crippen molar-refractivity contribution in [2.24, 2.45) is 10.7 Å². The number of aliphatic imine (C=N–C) groups is 1. The van der Waals surface area contributed by atoms with Gasteiger partial charge in [0.25, 0.3) is 0 Å². The molecule has 0 amide bonds. The smallest absolute Gasteiger partial charge is 0.193 e. The van der Waals surface area contributed by atoms with E-state index >= 15 is 0 Å². The maximum Gasteiger partial charge on any atom is 0.193 e. The molecular weight excluding hydrogens is 500 g/mol. The molecule has 1 aliphatic carbocycles. The van der Waals surface area contributed by atoms with E-state index in [4.69, 9.17) is 10.5 Å². The normalized spacial score (nSPS) is 19.2. The van der Waals surface area contributed by atoms with Gasteiger partial charge in [-0.3, -0.25) is 0 Å². The molecule has 2 atom stereocenters. The van der Waals surface area contributed by atoms with Gasteiger partial charge >= 0.3 is 0 Å². The first-order valence-electron chi connectivity index (χ1n) is 7.70. The number of para-hydroxylation sites is 1. The summed E-state index contributed by atoms with van der Waals surface area (Å²) in [7, 11) is 1.65. The van der Waals surface area contributed by atoms with Crippen molar-refractivity contribution in [2.45, 2.75) is 25.0 Å². The van der Waals surface area contributed by atoms with E-state index in [2.05, 4.69) is 26.2 Å². The van der Waals surface area contributed by atoms with Gasteiger partial charge in [-0.05, 0) is 46.1 Å². The first kappa shape index (κ1) is 20.1. The van der Waals surface area contributed by atoms with Gasteiger partial charge in [0.2, 0.25) is 0 Å². The van der Waals surface area contributed by atoms with E-state index in [1.165, 1.54) is 0 Å². The van der Waals surface area contributed by atoms with Gasteiger partial charge in [0.15, 0.2) is 5.96 Å². The lowest BCUT2D eigenvalue weighted by Crippen LogP contribution is -2.24. The minimum absolute atomic E-state index is 0. The van der Waals surface area contributed by atoms with E-state index in [0.29, 0.717) is 17.0 Å². The molecule has 0 aliphatic heterocycles. The summed E-state index contributed by atoms with van der Waals surface area (Å²) in [6.45, 7) is 0.501. The molecule has 0 heterocycles. The molecule has 7 heteroatoms. The van der Waals surface area contributed by atoms with Crippen molar-refractivity contribution in [3.63, 3.8) is 0 Å². The molecule has 134 valence electrons. The van der Waals surface area contributed by atoms with Crippen molar-refractivity contribution in [3.8, 4) is 0 Å². The molecule has 2 aromatic carbocycles. The molecule has 0 unspecified atom stereocenters. The van der Waals surface area contributed by atoms with Crippen molar-refractivity contribution in [1.29, 1.82) is 0 Å². The largest absolute Gasteiger partial charge is 0.380 e. The Balaban J connectivity index is 0.00000225. The Kier molecular flexibility index (Phi) is 7.21. The summed E-state index contributed by atoms with van der Waals surface area (Å²) in [5, 5.41) is 3.13. The number of ether oxygens (including phenoxy) is 1. The predicted molar refractivity (Wildman–Crippen MR) is 113 cm³/mol. The maximum absolute atomic E-state index is 13.6. The van der Waals surface area contributed by atoms with Crippen LogP contribution in [0.15, 0.2) is 51.9 Å². The average Bonchev–Trinajstić information content (AvgIpc) is 3.31. The fourth-order valence-corrected chi connectivity index (χ4v) is 2.94. The lowest BCUT2D eigenvalue weighted by Gasteiger charge is -2.10. The molecule has 0 spiro atoms. The summed E-state index contributed by atoms with van der Waals surface area (Å²) in [5.41, 5.74) is 8.87. The molecule has 3 rings (SSSR count). The lowest BCUT2D eigenvalue weighted by molar-refractivity contribution is 0.185. The minimum Gasteiger partial charge on any atom is -0.380 e. The Morgan fingerprint density at radius 2 is 2.12 bits per heavy atom. The predicted octanol–water partition coefficient (Wildman–Crippen LogP) is 4.64. The number of anilines is 1. The van der Waals surface area contributed by atoms with Crippen molar-refractivity contribution in [2.75, 3.05) is 12.4 Å². The highest BCUT2D eigenvalue weighted by molar-refractivity contribution is 14.0. The standard InChI is InChI=1S/C18H19BrFN3O.HI/c1-24-10-12-4-2-3-5-16(12)22-18(21)23-17-9-13(17)11-6-7-14(19)15(20)8-11;/h2-8,13,17H,9-10H2,1H3,(H3,21,22,23);1H/t13-,17+;/m0./s1. The summed E-state index contributed by atoms with van der Waals surface area (Å²) in [6.07, 6.45) is 0.878. The number of hydrogen-bond acceptors (Lipinski definition) is 2. The van der Waals surface area contributed by atoms with Gasteiger partial charge in [-0.2, -0.15) is 0 Å². The van der Waals surface area contributed by atoms with Crippen molar-refractivity contribution < 1.29 is 9.13 Å². The van der Waals surface area contributed by atoms with Crippen LogP contribution in [0.5, 0.6) is 0 Å². The molecule has 1 saturated carbocycles. The number of halogens is 3. The number of rotatable bonds is 5. The van der Waals surface area contributed by atoms with Gasteiger partial charge in [-0.25, -0.2) is 9.38 Å². The molecule has 2 aromatic rings. The zero-order valence-electron chi connectivity index (χ0n) is 13.7. The Labute approximate surface area is 172 Å². The molecule has 3 N–H and O–H groups in total. The summed E-state index contributed by atoms with van der Waals surface area (Å²) in [4.78, 5) is 4.50. The summed E-state index contributed by atoms with van der Waals surface area (Å²) >= 11 is 3.17. The minimum atomic E-state index is -0.248. The monoisotopic (exact) mass is 519 g/mol. The van der Waals surface area contributed by atoms with E-state index in [1.54, 1.807) is 19.2 Å². The van der Waals surface area contributed by atoms with E-state index in [9.17, 15) is 4.39 Å². The molecule has 1 aliphatic rings. The molecule has 0 radical (unpaired) electrons. The molecule has 1 fully saturated rings. The number of nitrogens with zero attached hydrogens (tertiary/aromatic N) is 1. The van der Waals surface area contributed by atoms with Gasteiger partial charge < -0.3 is 15.8 Å². The highest BCUT2D eigenvalue weighted by Gasteiger charge is 2.38. The second kappa shape index (κ2) is 8.95. The van der Waals surface area contributed by atoms with Gasteiger partial charge in [-0.15, -0.1) is 24.0 Å². The molecule has 0 saturated heterocycles. The average molecular weight is 520 g/mol. The van der Waals surface area contributed by atoms with E-state index in [-0.39, 0.29) is 41.8 Å². The molecule has 25 heavy (non-hydrogen) atoms. The number of methoxy groups -OCH3 is 1. The second-order valence-electron chi connectivity index (χ2n) is 5.81. The maximum atomic E-state index is 13.6. The van der Waals surface area contributed by atoms with Crippen LogP contribution in [-0.4, -0.2) is 19.1 Å². The van der Waals surface area contributed by atoms with Gasteiger partial charge in [0.05, 0.1) is 17.1 Å². The fraction of sp³-hybridized carbons (Fsp3) is 0.278.